The van der Waals surface area contributed by atoms with Gasteiger partial charge in [-0.25, -0.2) is 9.13 Å². The fraction of sp³-hybridized carbons (Fsp3) is 0.951. The lowest BCUT2D eigenvalue weighted by molar-refractivity contribution is -0.161. The minimum Gasteiger partial charge on any atom is -0.462 e. The van der Waals surface area contributed by atoms with Gasteiger partial charge in [0.1, 0.15) is 19.3 Å². The van der Waals surface area contributed by atoms with Crippen LogP contribution in [0.2, 0.25) is 0 Å². The van der Waals surface area contributed by atoms with E-state index in [2.05, 4.69) is 55.4 Å². The molecule has 0 aromatic rings. The van der Waals surface area contributed by atoms with Gasteiger partial charge in [0, 0.05) is 25.7 Å². The summed E-state index contributed by atoms with van der Waals surface area (Å²) in [6.45, 7) is 14.2. The predicted octanol–water partition coefficient (Wildman–Crippen LogP) is 24.0. The highest BCUT2D eigenvalue weighted by molar-refractivity contribution is 7.47. The van der Waals surface area contributed by atoms with Gasteiger partial charge in [0.2, 0.25) is 0 Å². The fourth-order valence-electron chi connectivity index (χ4n) is 12.4. The van der Waals surface area contributed by atoms with Crippen molar-refractivity contribution >= 4 is 39.5 Å². The minimum absolute atomic E-state index is 0.106. The van der Waals surface area contributed by atoms with E-state index in [1.54, 1.807) is 0 Å². The van der Waals surface area contributed by atoms with Crippen LogP contribution in [-0.2, 0) is 65.4 Å². The Bertz CT molecular complexity index is 1950. The Balaban J connectivity index is 5.23. The lowest BCUT2D eigenvalue weighted by atomic mass is 10.0. The maximum atomic E-state index is 13.1. The molecule has 17 nitrogen and oxygen atoms in total. The molecule has 3 unspecified atom stereocenters. The zero-order valence-electron chi connectivity index (χ0n) is 65.8. The molecule has 0 aliphatic carbocycles. The van der Waals surface area contributed by atoms with E-state index in [4.69, 9.17) is 37.0 Å². The minimum atomic E-state index is -4.96. The van der Waals surface area contributed by atoms with Crippen LogP contribution in [-0.4, -0.2) is 96.7 Å². The molecule has 0 saturated carbocycles. The monoisotopic (exact) mass is 1470 g/mol. The van der Waals surface area contributed by atoms with Crippen LogP contribution in [0.3, 0.4) is 0 Å². The van der Waals surface area contributed by atoms with Gasteiger partial charge in [-0.1, -0.05) is 364 Å². The first-order chi connectivity index (χ1) is 48.1. The number of hydrogen-bond acceptors (Lipinski definition) is 15. The number of aliphatic hydroxyl groups is 1. The highest BCUT2D eigenvalue weighted by atomic mass is 31.2. The van der Waals surface area contributed by atoms with E-state index in [9.17, 15) is 43.2 Å². The maximum Gasteiger partial charge on any atom is 0.472 e. The third-order valence-corrected chi connectivity index (χ3v) is 20.7. The van der Waals surface area contributed by atoms with E-state index in [0.29, 0.717) is 31.6 Å². The molecule has 5 atom stereocenters. The molecule has 0 bridgehead atoms. The zero-order valence-corrected chi connectivity index (χ0v) is 67.6. The lowest BCUT2D eigenvalue weighted by Crippen LogP contribution is -2.30. The molecule has 0 spiro atoms. The number of phosphoric ester groups is 2. The van der Waals surface area contributed by atoms with Crippen molar-refractivity contribution in [2.45, 2.75) is 433 Å². The van der Waals surface area contributed by atoms with Crippen molar-refractivity contribution in [3.05, 3.63) is 0 Å². The number of phosphoric acid groups is 2. The standard InChI is InChI=1S/C81H158O17P2/c1-71(2)57-49-41-33-27-21-15-10-9-11-18-25-31-37-47-55-63-80(85)97-76(67-91-78(83)61-53-45-36-30-24-20-14-17-23-29-35-43-51-59-73(5)6)69-95-99(87,88)93-65-75(82)66-94-100(89,90)96-70-77(68-92-79(84)62-54-46-40-39-44-52-60-74(7)8)98-81(86)64-56-48-38-32-26-19-13-12-16-22-28-34-42-50-58-72(3)4/h71-77,82H,9-70H2,1-8H3,(H,87,88)(H,89,90)/t75?,76-,77-/m1/s1. The summed E-state index contributed by atoms with van der Waals surface area (Å²) in [5.74, 6) is 0.953. The van der Waals surface area contributed by atoms with E-state index in [-0.39, 0.29) is 25.7 Å². The van der Waals surface area contributed by atoms with E-state index in [1.165, 1.54) is 212 Å². The van der Waals surface area contributed by atoms with Crippen LogP contribution in [0.15, 0.2) is 0 Å². The van der Waals surface area contributed by atoms with Crippen molar-refractivity contribution in [2.75, 3.05) is 39.6 Å². The summed E-state index contributed by atoms with van der Waals surface area (Å²) < 4.78 is 68.7. The topological polar surface area (TPSA) is 237 Å². The molecule has 0 aliphatic rings. The lowest BCUT2D eigenvalue weighted by Gasteiger charge is -2.21. The molecule has 0 aliphatic heterocycles. The Morgan fingerprint density at radius 2 is 0.420 bits per heavy atom. The van der Waals surface area contributed by atoms with Crippen LogP contribution in [0, 0.1) is 23.7 Å². The predicted molar refractivity (Wildman–Crippen MR) is 409 cm³/mol. The van der Waals surface area contributed by atoms with Gasteiger partial charge in [-0.3, -0.25) is 37.3 Å². The van der Waals surface area contributed by atoms with Crippen molar-refractivity contribution in [3.8, 4) is 0 Å². The van der Waals surface area contributed by atoms with Crippen molar-refractivity contribution in [2.24, 2.45) is 23.7 Å². The van der Waals surface area contributed by atoms with Crippen molar-refractivity contribution in [3.63, 3.8) is 0 Å². The SMILES string of the molecule is CC(C)CCCCCCCCCCCCCCCCCC(=O)O[C@H](COC(=O)CCCCCCCCCCCCCCCC(C)C)COP(=O)(O)OCC(O)COP(=O)(O)OC[C@@H](COC(=O)CCCCCCCCC(C)C)OC(=O)CCCCCCCCCCCCCCCCC(C)C. The normalized spacial score (nSPS) is 14.0. The Hall–Kier alpha value is -1.94. The molecule has 0 radical (unpaired) electrons. The second-order valence-corrected chi connectivity index (χ2v) is 34.0. The van der Waals surface area contributed by atoms with Crippen LogP contribution < -0.4 is 0 Å². The number of carbonyl (C=O) groups excluding carboxylic acids is 4. The van der Waals surface area contributed by atoms with Gasteiger partial charge < -0.3 is 33.8 Å². The van der Waals surface area contributed by atoms with Gasteiger partial charge in [-0.15, -0.1) is 0 Å². The summed E-state index contributed by atoms with van der Waals surface area (Å²) in [6, 6.07) is 0. The van der Waals surface area contributed by atoms with Gasteiger partial charge in [0.25, 0.3) is 0 Å². The maximum absolute atomic E-state index is 13.1. The molecule has 0 aromatic heterocycles. The molecular formula is C81H158O17P2. The number of rotatable bonds is 78. The van der Waals surface area contributed by atoms with Crippen LogP contribution in [0.4, 0.5) is 0 Å². The van der Waals surface area contributed by atoms with E-state index < -0.39 is 97.5 Å². The molecule has 594 valence electrons. The summed E-state index contributed by atoms with van der Waals surface area (Å²) >= 11 is 0. The Morgan fingerprint density at radius 1 is 0.250 bits per heavy atom. The van der Waals surface area contributed by atoms with Gasteiger partial charge in [-0.05, 0) is 49.4 Å². The van der Waals surface area contributed by atoms with E-state index in [1.807, 2.05) is 0 Å². The summed E-state index contributed by atoms with van der Waals surface area (Å²) in [4.78, 5) is 73.0. The summed E-state index contributed by atoms with van der Waals surface area (Å²) in [5.41, 5.74) is 0. The first kappa shape index (κ1) is 98.1. The zero-order chi connectivity index (χ0) is 73.8. The van der Waals surface area contributed by atoms with Crippen molar-refractivity contribution < 1.29 is 80.2 Å². The molecule has 0 amide bonds. The van der Waals surface area contributed by atoms with Crippen molar-refractivity contribution in [1.82, 2.24) is 0 Å². The quantitative estimate of drug-likeness (QED) is 0.0222. The number of aliphatic hydroxyl groups excluding tert-OH is 1. The average molecular weight is 1470 g/mol. The second kappa shape index (κ2) is 70.1. The first-order valence-corrected chi connectivity index (χ1v) is 44.7. The molecule has 0 saturated heterocycles. The number of ether oxygens (including phenoxy) is 4. The number of unbranched alkanes of at least 4 members (excludes halogenated alkanes) is 44. The summed E-state index contributed by atoms with van der Waals surface area (Å²) in [5, 5.41) is 10.6. The van der Waals surface area contributed by atoms with Gasteiger partial charge in [-0.2, -0.15) is 0 Å². The third-order valence-electron chi connectivity index (χ3n) is 18.8. The van der Waals surface area contributed by atoms with Crippen LogP contribution in [0.1, 0.15) is 415 Å². The number of esters is 4. The smallest absolute Gasteiger partial charge is 0.462 e. The van der Waals surface area contributed by atoms with Crippen molar-refractivity contribution in [1.29, 1.82) is 0 Å². The molecule has 0 heterocycles. The number of carbonyl (C=O) groups is 4. The first-order valence-electron chi connectivity index (χ1n) is 41.7. The molecule has 100 heavy (non-hydrogen) atoms. The second-order valence-electron chi connectivity index (χ2n) is 31.1. The van der Waals surface area contributed by atoms with Crippen LogP contribution in [0.5, 0.6) is 0 Å². The third kappa shape index (κ3) is 74.3. The number of hydrogen-bond donors (Lipinski definition) is 3. The average Bonchev–Trinajstić information content (AvgIpc) is 0.932. The molecular weight excluding hydrogens is 1310 g/mol. The summed E-state index contributed by atoms with van der Waals surface area (Å²) in [7, 11) is -9.92. The highest BCUT2D eigenvalue weighted by Crippen LogP contribution is 2.45. The molecule has 0 rings (SSSR count). The largest absolute Gasteiger partial charge is 0.472 e. The molecule has 3 N–H and O–H groups in total. The van der Waals surface area contributed by atoms with Crippen LogP contribution in [0.25, 0.3) is 0 Å². The van der Waals surface area contributed by atoms with Gasteiger partial charge in [0.05, 0.1) is 26.4 Å². The molecule has 0 fully saturated rings. The van der Waals surface area contributed by atoms with E-state index in [0.717, 1.165) is 114 Å². The molecule has 0 aromatic carbocycles. The van der Waals surface area contributed by atoms with Gasteiger partial charge in [0.15, 0.2) is 12.2 Å². The Labute approximate surface area is 613 Å². The van der Waals surface area contributed by atoms with Gasteiger partial charge >= 0.3 is 39.5 Å². The highest BCUT2D eigenvalue weighted by Gasteiger charge is 2.30. The molecule has 19 heteroatoms. The Kier molecular flexibility index (Phi) is 68.7. The summed E-state index contributed by atoms with van der Waals surface area (Å²) in [6.07, 6.45) is 57.0. The fourth-order valence-corrected chi connectivity index (χ4v) is 14.0. The van der Waals surface area contributed by atoms with Crippen LogP contribution >= 0.6 is 15.6 Å². The Morgan fingerprint density at radius 3 is 0.620 bits per heavy atom. The van der Waals surface area contributed by atoms with E-state index >= 15 is 0 Å².